The van der Waals surface area contributed by atoms with E-state index < -0.39 is 16.3 Å². The average Bonchev–Trinajstić information content (AvgIpc) is 1.83. The first-order valence-corrected chi connectivity index (χ1v) is 3.89. The topological polar surface area (TPSA) is 38.4 Å². The van der Waals surface area contributed by atoms with Crippen LogP contribution < -0.4 is 5.73 Å². The van der Waals surface area contributed by atoms with E-state index in [-0.39, 0.29) is 6.54 Å². The Morgan fingerprint density at radius 1 is 1.58 bits per heavy atom. The molecule has 2 nitrogen and oxygen atoms in total. The highest BCUT2D eigenvalue weighted by Gasteiger charge is 2.36. The van der Waals surface area contributed by atoms with E-state index in [4.69, 9.17) is 5.73 Å². The maximum Gasteiger partial charge on any atom is 0.432 e. The molecule has 6 heteroatoms. The van der Waals surface area contributed by atoms with Crippen molar-refractivity contribution in [1.29, 1.82) is 0 Å². The molecule has 0 bridgehead atoms. The van der Waals surface area contributed by atoms with Crippen LogP contribution >= 0.6 is 15.9 Å². The van der Waals surface area contributed by atoms with Gasteiger partial charge in [0.25, 0.3) is 0 Å². The van der Waals surface area contributed by atoms with Gasteiger partial charge in [0.15, 0.2) is 0 Å². The van der Waals surface area contributed by atoms with Crippen LogP contribution in [0.25, 0.3) is 0 Å². The van der Waals surface area contributed by atoms with E-state index in [9.17, 15) is 13.2 Å². The molecule has 0 saturated heterocycles. The van der Waals surface area contributed by atoms with Crippen LogP contribution in [0.4, 0.5) is 13.2 Å². The molecule has 0 spiro atoms. The van der Waals surface area contributed by atoms with Crippen molar-refractivity contribution in [3.05, 3.63) is 12.2 Å². The molecule has 1 heterocycles. The van der Waals surface area contributed by atoms with Crippen molar-refractivity contribution in [1.82, 2.24) is 0 Å². The van der Waals surface area contributed by atoms with Crippen LogP contribution in [0.1, 0.15) is 0 Å². The van der Waals surface area contributed by atoms with E-state index in [1.165, 1.54) is 6.08 Å². The highest BCUT2D eigenvalue weighted by atomic mass is 79.9. The SMILES string of the molecule is NC1(Br)C=CC(C(F)(F)F)=NC1. The summed E-state index contributed by atoms with van der Waals surface area (Å²) in [5, 5.41) is 0. The lowest BCUT2D eigenvalue weighted by atomic mass is 10.2. The summed E-state index contributed by atoms with van der Waals surface area (Å²) in [7, 11) is 0. The first kappa shape index (κ1) is 9.73. The van der Waals surface area contributed by atoms with Gasteiger partial charge in [-0.3, -0.25) is 4.99 Å². The van der Waals surface area contributed by atoms with Crippen molar-refractivity contribution in [3.63, 3.8) is 0 Å². The smallest absolute Gasteiger partial charge is 0.312 e. The molecule has 68 valence electrons. The number of alkyl halides is 4. The molecule has 12 heavy (non-hydrogen) atoms. The molecule has 0 aromatic carbocycles. The minimum absolute atomic E-state index is 0.0989. The average molecular weight is 243 g/mol. The number of rotatable bonds is 0. The van der Waals surface area contributed by atoms with Crippen molar-refractivity contribution in [2.45, 2.75) is 10.6 Å². The van der Waals surface area contributed by atoms with Gasteiger partial charge in [-0.05, 0) is 6.08 Å². The van der Waals surface area contributed by atoms with E-state index >= 15 is 0 Å². The molecule has 0 radical (unpaired) electrons. The van der Waals surface area contributed by atoms with Gasteiger partial charge in [-0.25, -0.2) is 0 Å². The highest BCUT2D eigenvalue weighted by Crippen LogP contribution is 2.24. The molecule has 1 aliphatic rings. The second-order valence-electron chi connectivity index (χ2n) is 2.46. The molecule has 2 N–H and O–H groups in total. The van der Waals surface area contributed by atoms with Gasteiger partial charge >= 0.3 is 6.18 Å². The third-order valence-corrected chi connectivity index (χ3v) is 1.82. The Labute approximate surface area is 75.5 Å². The first-order valence-electron chi connectivity index (χ1n) is 3.10. The van der Waals surface area contributed by atoms with Crippen LogP contribution in [0.2, 0.25) is 0 Å². The summed E-state index contributed by atoms with van der Waals surface area (Å²) in [6.07, 6.45) is -2.26. The molecule has 0 amide bonds. The van der Waals surface area contributed by atoms with Gasteiger partial charge in [0, 0.05) is 0 Å². The first-order chi connectivity index (χ1) is 5.31. The normalized spacial score (nSPS) is 30.2. The Hall–Kier alpha value is -0.360. The fourth-order valence-electron chi connectivity index (χ4n) is 0.713. The number of allylic oxidation sites excluding steroid dienone is 1. The molecule has 1 unspecified atom stereocenters. The van der Waals surface area contributed by atoms with Crippen LogP contribution in [0, 0.1) is 0 Å². The summed E-state index contributed by atoms with van der Waals surface area (Å²) in [6.45, 7) is -0.0989. The fraction of sp³-hybridized carbons (Fsp3) is 0.500. The fourth-order valence-corrected chi connectivity index (χ4v) is 0.971. The standard InChI is InChI=1S/C6H6BrF3N2/c7-5(11)2-1-4(12-3-5)6(8,9)10/h1-2H,3,11H2. The largest absolute Gasteiger partial charge is 0.432 e. The number of nitrogens with two attached hydrogens (primary N) is 1. The second-order valence-corrected chi connectivity index (χ2v) is 3.94. The predicted molar refractivity (Wildman–Crippen MR) is 43.3 cm³/mol. The van der Waals surface area contributed by atoms with Gasteiger partial charge < -0.3 is 5.73 Å². The van der Waals surface area contributed by atoms with Crippen LogP contribution in [0.5, 0.6) is 0 Å². The molecule has 0 aliphatic carbocycles. The quantitative estimate of drug-likeness (QED) is 0.509. The van der Waals surface area contributed by atoms with Crippen molar-refractivity contribution in [3.8, 4) is 0 Å². The monoisotopic (exact) mass is 242 g/mol. The van der Waals surface area contributed by atoms with Gasteiger partial charge in [0.2, 0.25) is 0 Å². The van der Waals surface area contributed by atoms with Gasteiger partial charge in [-0.1, -0.05) is 22.0 Å². The van der Waals surface area contributed by atoms with E-state index in [1.54, 1.807) is 0 Å². The number of halogens is 4. The Morgan fingerprint density at radius 2 is 2.17 bits per heavy atom. The molecule has 1 rings (SSSR count). The van der Waals surface area contributed by atoms with Crippen molar-refractivity contribution >= 4 is 21.6 Å². The summed E-state index contributed by atoms with van der Waals surface area (Å²) in [5.41, 5.74) is 4.55. The summed E-state index contributed by atoms with van der Waals surface area (Å²) < 4.78 is 34.9. The Balaban J connectivity index is 2.78. The van der Waals surface area contributed by atoms with Crippen molar-refractivity contribution in [2.75, 3.05) is 6.54 Å². The van der Waals surface area contributed by atoms with Crippen LogP contribution in [-0.2, 0) is 0 Å². The number of hydrogen-bond donors (Lipinski definition) is 1. The molecule has 0 saturated carbocycles. The summed E-state index contributed by atoms with van der Waals surface area (Å²) in [6, 6.07) is 0. The lowest BCUT2D eigenvalue weighted by Crippen LogP contribution is -2.38. The zero-order valence-corrected chi connectivity index (χ0v) is 7.48. The lowest BCUT2D eigenvalue weighted by Gasteiger charge is -2.20. The minimum Gasteiger partial charge on any atom is -0.312 e. The summed E-state index contributed by atoms with van der Waals surface area (Å²) in [5.74, 6) is 0. The van der Waals surface area contributed by atoms with E-state index in [0.29, 0.717) is 0 Å². The second kappa shape index (κ2) is 2.85. The molecule has 1 aliphatic heterocycles. The Kier molecular flexibility index (Phi) is 2.31. The molecule has 0 aromatic rings. The van der Waals surface area contributed by atoms with Gasteiger partial charge in [0.05, 0.1) is 6.54 Å². The molecular weight excluding hydrogens is 237 g/mol. The van der Waals surface area contributed by atoms with E-state index in [1.807, 2.05) is 0 Å². The number of nitrogens with zero attached hydrogens (tertiary/aromatic N) is 1. The van der Waals surface area contributed by atoms with Crippen LogP contribution in [-0.4, -0.2) is 22.9 Å². The highest BCUT2D eigenvalue weighted by molar-refractivity contribution is 9.10. The third-order valence-electron chi connectivity index (χ3n) is 1.30. The molecule has 1 atom stereocenters. The zero-order chi connectivity index (χ0) is 9.41. The van der Waals surface area contributed by atoms with Crippen molar-refractivity contribution in [2.24, 2.45) is 10.7 Å². The Morgan fingerprint density at radius 3 is 2.50 bits per heavy atom. The van der Waals surface area contributed by atoms with Crippen LogP contribution in [0.15, 0.2) is 17.1 Å². The number of dihydropyridines is 1. The Bertz CT molecular complexity index is 242. The lowest BCUT2D eigenvalue weighted by molar-refractivity contribution is -0.0580. The predicted octanol–water partition coefficient (Wildman–Crippen LogP) is 1.61. The van der Waals surface area contributed by atoms with Gasteiger partial charge in [-0.2, -0.15) is 13.2 Å². The minimum atomic E-state index is -4.38. The van der Waals surface area contributed by atoms with Crippen molar-refractivity contribution < 1.29 is 13.2 Å². The van der Waals surface area contributed by atoms with Gasteiger partial charge in [0.1, 0.15) is 10.2 Å². The number of hydrogen-bond acceptors (Lipinski definition) is 2. The zero-order valence-electron chi connectivity index (χ0n) is 5.90. The number of aliphatic imine (C=N–C) groups is 1. The van der Waals surface area contributed by atoms with Crippen LogP contribution in [0.3, 0.4) is 0 Å². The summed E-state index contributed by atoms with van der Waals surface area (Å²) in [4.78, 5) is 3.29. The third kappa shape index (κ3) is 2.31. The molecule has 0 fully saturated rings. The van der Waals surface area contributed by atoms with E-state index in [2.05, 4.69) is 20.9 Å². The van der Waals surface area contributed by atoms with E-state index in [0.717, 1.165) is 6.08 Å². The maximum absolute atomic E-state index is 12.0. The summed E-state index contributed by atoms with van der Waals surface area (Å²) >= 11 is 3.00. The van der Waals surface area contributed by atoms with Gasteiger partial charge in [-0.15, -0.1) is 0 Å². The molecular formula is C6H6BrF3N2. The maximum atomic E-state index is 12.0. The molecule has 0 aromatic heterocycles.